The van der Waals surface area contributed by atoms with Gasteiger partial charge in [0.2, 0.25) is 0 Å². The number of amides is 1. The molecular weight excluding hydrogens is 362 g/mol. The van der Waals surface area contributed by atoms with Crippen LogP contribution in [0.5, 0.6) is 5.75 Å². The number of anilines is 2. The number of benzene rings is 3. The van der Waals surface area contributed by atoms with E-state index in [0.717, 1.165) is 23.8 Å². The van der Waals surface area contributed by atoms with E-state index < -0.39 is 17.7 Å². The van der Waals surface area contributed by atoms with E-state index in [9.17, 15) is 13.6 Å². The molecule has 0 spiro atoms. The maximum absolute atomic E-state index is 13.6. The normalized spacial score (nSPS) is 11.6. The smallest absolute Gasteiger partial charge is 0.251 e. The van der Waals surface area contributed by atoms with Crippen molar-refractivity contribution in [2.24, 2.45) is 0 Å². The SMILES string of the molecule is COc1ccc(C)cc1NC(=O)C(Nc1cc(F)cc(F)c1)c1ccccc1. The number of aryl methyl sites for hydroxylation is 1. The maximum Gasteiger partial charge on any atom is 0.251 e. The van der Waals surface area contributed by atoms with Crippen molar-refractivity contribution in [2.75, 3.05) is 17.7 Å². The van der Waals surface area contributed by atoms with Crippen molar-refractivity contribution >= 4 is 17.3 Å². The van der Waals surface area contributed by atoms with Gasteiger partial charge in [0.05, 0.1) is 12.8 Å². The van der Waals surface area contributed by atoms with Crippen LogP contribution in [-0.2, 0) is 4.79 Å². The van der Waals surface area contributed by atoms with Crippen LogP contribution in [0.15, 0.2) is 66.7 Å². The molecule has 0 bridgehead atoms. The number of hydrogen-bond donors (Lipinski definition) is 2. The molecule has 1 amide bonds. The number of halogens is 2. The topological polar surface area (TPSA) is 50.4 Å². The zero-order valence-corrected chi connectivity index (χ0v) is 15.5. The molecule has 1 unspecified atom stereocenters. The van der Waals surface area contributed by atoms with Gasteiger partial charge in [0.15, 0.2) is 0 Å². The Kier molecular flexibility index (Phi) is 5.89. The molecule has 4 nitrogen and oxygen atoms in total. The van der Waals surface area contributed by atoms with E-state index in [1.807, 2.05) is 19.1 Å². The molecule has 0 fully saturated rings. The summed E-state index contributed by atoms with van der Waals surface area (Å²) in [5, 5.41) is 5.75. The molecule has 3 aromatic rings. The molecular formula is C22H20F2N2O2. The molecule has 0 radical (unpaired) electrons. The van der Waals surface area contributed by atoms with Gasteiger partial charge in [-0.25, -0.2) is 8.78 Å². The minimum absolute atomic E-state index is 0.165. The van der Waals surface area contributed by atoms with Crippen LogP contribution in [0.3, 0.4) is 0 Å². The van der Waals surface area contributed by atoms with E-state index >= 15 is 0 Å². The van der Waals surface area contributed by atoms with Gasteiger partial charge in [-0.3, -0.25) is 4.79 Å². The second-order valence-corrected chi connectivity index (χ2v) is 6.34. The molecule has 0 aliphatic carbocycles. The fourth-order valence-corrected chi connectivity index (χ4v) is 2.87. The highest BCUT2D eigenvalue weighted by atomic mass is 19.1. The summed E-state index contributed by atoms with van der Waals surface area (Å²) in [6, 6.07) is 16.5. The summed E-state index contributed by atoms with van der Waals surface area (Å²) < 4.78 is 32.5. The first kappa shape index (κ1) is 19.4. The Morgan fingerprint density at radius 2 is 1.64 bits per heavy atom. The Balaban J connectivity index is 1.93. The molecule has 144 valence electrons. The summed E-state index contributed by atoms with van der Waals surface area (Å²) in [4.78, 5) is 13.1. The summed E-state index contributed by atoms with van der Waals surface area (Å²) in [7, 11) is 1.52. The van der Waals surface area contributed by atoms with Gasteiger partial charge in [0, 0.05) is 11.8 Å². The lowest BCUT2D eigenvalue weighted by Crippen LogP contribution is -2.27. The molecule has 3 aromatic carbocycles. The average Bonchev–Trinajstić information content (AvgIpc) is 2.66. The molecule has 2 N–H and O–H groups in total. The van der Waals surface area contributed by atoms with Crippen molar-refractivity contribution in [3.63, 3.8) is 0 Å². The van der Waals surface area contributed by atoms with Gasteiger partial charge in [0.25, 0.3) is 5.91 Å². The standard InChI is InChI=1S/C22H20F2N2O2/c1-14-8-9-20(28-2)19(10-14)26-22(27)21(15-6-4-3-5-7-15)25-18-12-16(23)11-17(24)13-18/h3-13,21,25H,1-2H3,(H,26,27). The zero-order chi connectivity index (χ0) is 20.1. The molecule has 0 aromatic heterocycles. The van der Waals surface area contributed by atoms with Crippen molar-refractivity contribution in [1.29, 1.82) is 0 Å². The van der Waals surface area contributed by atoms with Gasteiger partial charge in [-0.05, 0) is 42.3 Å². The van der Waals surface area contributed by atoms with Crippen LogP contribution in [0.4, 0.5) is 20.2 Å². The molecule has 0 heterocycles. The lowest BCUT2D eigenvalue weighted by Gasteiger charge is -2.21. The molecule has 0 saturated heterocycles. The van der Waals surface area contributed by atoms with Gasteiger partial charge >= 0.3 is 0 Å². The monoisotopic (exact) mass is 382 g/mol. The first-order chi connectivity index (χ1) is 13.5. The predicted molar refractivity (Wildman–Crippen MR) is 106 cm³/mol. The Hall–Kier alpha value is -3.41. The van der Waals surface area contributed by atoms with E-state index in [2.05, 4.69) is 10.6 Å². The molecule has 6 heteroatoms. The lowest BCUT2D eigenvalue weighted by molar-refractivity contribution is -0.117. The average molecular weight is 382 g/mol. The Bertz CT molecular complexity index is 957. The van der Waals surface area contributed by atoms with E-state index in [-0.39, 0.29) is 11.6 Å². The quantitative estimate of drug-likeness (QED) is 0.626. The summed E-state index contributed by atoms with van der Waals surface area (Å²) >= 11 is 0. The first-order valence-electron chi connectivity index (χ1n) is 8.69. The third-order valence-electron chi connectivity index (χ3n) is 4.18. The maximum atomic E-state index is 13.6. The van der Waals surface area contributed by atoms with Crippen LogP contribution in [0.1, 0.15) is 17.2 Å². The van der Waals surface area contributed by atoms with Crippen LogP contribution < -0.4 is 15.4 Å². The molecule has 0 aliphatic heterocycles. The molecule has 0 aliphatic rings. The fourth-order valence-electron chi connectivity index (χ4n) is 2.87. The number of hydrogen-bond acceptors (Lipinski definition) is 3. The van der Waals surface area contributed by atoms with Crippen molar-refractivity contribution in [2.45, 2.75) is 13.0 Å². The first-order valence-corrected chi connectivity index (χ1v) is 8.69. The highest BCUT2D eigenvalue weighted by molar-refractivity contribution is 5.98. The van der Waals surface area contributed by atoms with Gasteiger partial charge < -0.3 is 15.4 Å². The van der Waals surface area contributed by atoms with E-state index in [0.29, 0.717) is 17.0 Å². The number of carbonyl (C=O) groups excluding carboxylic acids is 1. The van der Waals surface area contributed by atoms with Gasteiger partial charge in [-0.15, -0.1) is 0 Å². The minimum Gasteiger partial charge on any atom is -0.495 e. The molecule has 0 saturated carbocycles. The number of rotatable bonds is 6. The Labute approximate surface area is 162 Å². The summed E-state index contributed by atoms with van der Waals surface area (Å²) in [6.07, 6.45) is 0. The lowest BCUT2D eigenvalue weighted by atomic mass is 10.1. The van der Waals surface area contributed by atoms with E-state index in [1.54, 1.807) is 36.4 Å². The van der Waals surface area contributed by atoms with Crippen LogP contribution in [0.25, 0.3) is 0 Å². The van der Waals surface area contributed by atoms with Crippen LogP contribution in [0, 0.1) is 18.6 Å². The molecule has 28 heavy (non-hydrogen) atoms. The predicted octanol–water partition coefficient (Wildman–Crippen LogP) is 5.07. The Morgan fingerprint density at radius 3 is 2.29 bits per heavy atom. The third kappa shape index (κ3) is 4.65. The van der Waals surface area contributed by atoms with Crippen LogP contribution in [0.2, 0.25) is 0 Å². The minimum atomic E-state index is -0.868. The van der Waals surface area contributed by atoms with Crippen LogP contribution >= 0.6 is 0 Å². The second-order valence-electron chi connectivity index (χ2n) is 6.34. The third-order valence-corrected chi connectivity index (χ3v) is 4.18. The Morgan fingerprint density at radius 1 is 0.964 bits per heavy atom. The summed E-state index contributed by atoms with van der Waals surface area (Å²) in [5.41, 5.74) is 2.28. The highest BCUT2D eigenvalue weighted by Crippen LogP contribution is 2.28. The van der Waals surface area contributed by atoms with E-state index in [1.165, 1.54) is 7.11 Å². The zero-order valence-electron chi connectivity index (χ0n) is 15.5. The fraction of sp³-hybridized carbons (Fsp3) is 0.136. The van der Waals surface area contributed by atoms with Crippen molar-refractivity contribution in [1.82, 2.24) is 0 Å². The largest absolute Gasteiger partial charge is 0.495 e. The van der Waals surface area contributed by atoms with Crippen molar-refractivity contribution in [3.8, 4) is 5.75 Å². The van der Waals surface area contributed by atoms with Crippen LogP contribution in [-0.4, -0.2) is 13.0 Å². The second kappa shape index (κ2) is 8.52. The van der Waals surface area contributed by atoms with Crippen molar-refractivity contribution in [3.05, 3.63) is 89.5 Å². The summed E-state index contributed by atoms with van der Waals surface area (Å²) in [6.45, 7) is 1.90. The number of ether oxygens (including phenoxy) is 1. The van der Waals surface area contributed by atoms with E-state index in [4.69, 9.17) is 4.74 Å². The highest BCUT2D eigenvalue weighted by Gasteiger charge is 2.22. The van der Waals surface area contributed by atoms with Gasteiger partial charge in [-0.2, -0.15) is 0 Å². The van der Waals surface area contributed by atoms with Gasteiger partial charge in [0.1, 0.15) is 23.4 Å². The number of methoxy groups -OCH3 is 1. The summed E-state index contributed by atoms with van der Waals surface area (Å²) in [5.74, 6) is -1.33. The van der Waals surface area contributed by atoms with Gasteiger partial charge in [-0.1, -0.05) is 36.4 Å². The number of carbonyl (C=O) groups is 1. The molecule has 1 atom stereocenters. The number of nitrogens with one attached hydrogen (secondary N) is 2. The molecule has 3 rings (SSSR count). The van der Waals surface area contributed by atoms with Crippen molar-refractivity contribution < 1.29 is 18.3 Å².